The van der Waals surface area contributed by atoms with Gasteiger partial charge < -0.3 is 19.6 Å². The molecule has 0 aliphatic heterocycles. The van der Waals surface area contributed by atoms with Crippen molar-refractivity contribution in [2.24, 2.45) is 5.73 Å². The predicted molar refractivity (Wildman–Crippen MR) is 36.9 cm³/mol. The third kappa shape index (κ3) is 1010. The van der Waals surface area contributed by atoms with E-state index in [0.717, 1.165) is 0 Å². The van der Waals surface area contributed by atoms with Crippen molar-refractivity contribution in [1.82, 2.24) is 0 Å². The van der Waals surface area contributed by atoms with Crippen molar-refractivity contribution in [2.75, 3.05) is 0 Å². The normalized spacial score (nSPS) is 3.70. The summed E-state index contributed by atoms with van der Waals surface area (Å²) in [4.78, 5) is 9.22. The maximum absolute atomic E-state index is 9.22. The fourth-order valence-electron chi connectivity index (χ4n) is 0. The van der Waals surface area contributed by atoms with Crippen LogP contribution in [0.4, 0.5) is 0 Å². The van der Waals surface area contributed by atoms with E-state index in [1.165, 1.54) is 6.92 Å². The molecule has 0 saturated carbocycles. The molecule has 0 spiro atoms. The van der Waals surface area contributed by atoms with Crippen LogP contribution in [0.25, 0.3) is 0 Å². The second-order valence-electron chi connectivity index (χ2n) is 0.611. The molecule has 0 aromatic heterocycles. The zero-order chi connectivity index (χ0) is 7.58. The molecular weight excluding hydrogens is 233 g/mol. The van der Waals surface area contributed by atoms with E-state index in [0.29, 0.717) is 0 Å². The molecule has 0 aromatic carbocycles. The first-order chi connectivity index (χ1) is 3.73. The molecule has 1 amide bonds. The van der Waals surface area contributed by atoms with Crippen LogP contribution in [0.5, 0.6) is 0 Å². The zero-order valence-electron chi connectivity index (χ0n) is 7.31. The van der Waals surface area contributed by atoms with Gasteiger partial charge in [-0.3, -0.25) is 4.79 Å². The molecule has 0 saturated heterocycles. The molecule has 10 heavy (non-hydrogen) atoms. The third-order valence-electron chi connectivity index (χ3n) is 0. The van der Waals surface area contributed by atoms with Crippen LogP contribution in [0, 0.1) is 13.8 Å². The third-order valence-corrected chi connectivity index (χ3v) is 0. The Morgan fingerprint density at radius 2 is 1.10 bits per heavy atom. The summed E-state index contributed by atoms with van der Waals surface area (Å²) in [6.07, 6.45) is 0. The Kier molecular flexibility index (Phi) is 165. The fourth-order valence-corrected chi connectivity index (χ4v) is 0. The van der Waals surface area contributed by atoms with Gasteiger partial charge in [-0.2, -0.15) is 13.8 Å². The first-order valence-electron chi connectivity index (χ1n) is 2.41. The van der Waals surface area contributed by atoms with Gasteiger partial charge in [0.2, 0.25) is 5.91 Å². The Balaban J connectivity index is -0.0000000125. The number of carbonyl (C=O) groups is 1. The summed E-state index contributed by atoms with van der Waals surface area (Å²) in [6.45, 7) is 11.3. The summed E-state index contributed by atoms with van der Waals surface area (Å²) in [6, 6.07) is 0. The maximum atomic E-state index is 9.22. The molecule has 2 nitrogen and oxygen atoms in total. The molecule has 0 unspecified atom stereocenters. The van der Waals surface area contributed by atoms with E-state index < -0.39 is 0 Å². The molecule has 0 atom stereocenters. The molecule has 4 heteroatoms. The molecule has 2 N–H and O–H groups in total. The van der Waals surface area contributed by atoms with Crippen molar-refractivity contribution in [1.29, 1.82) is 0 Å². The first kappa shape index (κ1) is 31.0. The molecule has 0 aliphatic carbocycles. The van der Waals surface area contributed by atoms with Crippen LogP contribution in [0.15, 0.2) is 0 Å². The Labute approximate surface area is 89.8 Å². The van der Waals surface area contributed by atoms with Gasteiger partial charge in [0.15, 0.2) is 0 Å². The molecule has 0 bridgehead atoms. The average Bonchev–Trinajstić information content (AvgIpc) is 1.75. The van der Waals surface area contributed by atoms with Gasteiger partial charge >= 0.3 is 0 Å². The second kappa shape index (κ2) is 53.4. The number of primary amides is 1. The Bertz CT molecular complexity index is 38.7. The number of carbonyl (C=O) groups excluding carboxylic acids is 1. The summed E-state index contributed by atoms with van der Waals surface area (Å²) in [7, 11) is 0. The summed E-state index contributed by atoms with van der Waals surface area (Å²) in [5.74, 6) is -0.333. The summed E-state index contributed by atoms with van der Waals surface area (Å²) in [5, 5.41) is 0. The van der Waals surface area contributed by atoms with Gasteiger partial charge in [-0.1, -0.05) is 0 Å². The van der Waals surface area contributed by atoms with Crippen LogP contribution in [0.1, 0.15) is 20.8 Å². The number of amides is 1. The number of hydrogen-bond acceptors (Lipinski definition) is 1. The molecule has 0 aromatic rings. The zero-order valence-corrected chi connectivity index (χ0v) is 13.2. The van der Waals surface area contributed by atoms with E-state index in [1.807, 2.05) is 0 Å². The van der Waals surface area contributed by atoms with Crippen LogP contribution in [0.3, 0.4) is 0 Å². The van der Waals surface area contributed by atoms with Crippen LogP contribution >= 0.6 is 0 Å². The Morgan fingerprint density at radius 1 is 1.10 bits per heavy atom. The minimum Gasteiger partial charge on any atom is -0.370 e. The molecular formula is C6H15NOZn2-2. The van der Waals surface area contributed by atoms with E-state index in [-0.39, 0.29) is 44.9 Å². The van der Waals surface area contributed by atoms with E-state index in [4.69, 9.17) is 0 Å². The van der Waals surface area contributed by atoms with Gasteiger partial charge in [0, 0.05) is 45.9 Å². The molecule has 0 rings (SSSR count). The monoisotopic (exact) mass is 245 g/mol. The van der Waals surface area contributed by atoms with Gasteiger partial charge in [0.05, 0.1) is 0 Å². The topological polar surface area (TPSA) is 43.1 Å². The fraction of sp³-hybridized carbons (Fsp3) is 0.500. The smallest absolute Gasteiger partial charge is 0.214 e. The van der Waals surface area contributed by atoms with Crippen LogP contribution < -0.4 is 5.73 Å². The van der Waals surface area contributed by atoms with Gasteiger partial charge in [0.25, 0.3) is 0 Å². The summed E-state index contributed by atoms with van der Waals surface area (Å²) >= 11 is 0. The first-order valence-corrected chi connectivity index (χ1v) is 2.41. The van der Waals surface area contributed by atoms with E-state index in [2.05, 4.69) is 19.6 Å². The number of nitrogens with two attached hydrogens (primary N) is 1. The van der Waals surface area contributed by atoms with Crippen molar-refractivity contribution < 1.29 is 43.8 Å². The van der Waals surface area contributed by atoms with Crippen molar-refractivity contribution in [3.05, 3.63) is 13.8 Å². The predicted octanol–water partition coefficient (Wildman–Crippen LogP) is 1.17. The maximum Gasteiger partial charge on any atom is 0.214 e. The van der Waals surface area contributed by atoms with E-state index >= 15 is 0 Å². The van der Waals surface area contributed by atoms with Crippen molar-refractivity contribution in [3.8, 4) is 0 Å². The van der Waals surface area contributed by atoms with Crippen molar-refractivity contribution in [3.63, 3.8) is 0 Å². The molecule has 0 heterocycles. The van der Waals surface area contributed by atoms with Crippen LogP contribution in [0.2, 0.25) is 0 Å². The van der Waals surface area contributed by atoms with Gasteiger partial charge in [0.1, 0.15) is 0 Å². The number of rotatable bonds is 0. The van der Waals surface area contributed by atoms with E-state index in [1.54, 1.807) is 13.8 Å². The molecule has 0 aliphatic rings. The average molecular weight is 248 g/mol. The Hall–Kier alpha value is 0.717. The minimum atomic E-state index is -0.333. The number of hydrogen-bond donors (Lipinski definition) is 1. The van der Waals surface area contributed by atoms with Crippen LogP contribution in [-0.4, -0.2) is 5.91 Å². The van der Waals surface area contributed by atoms with E-state index in [9.17, 15) is 4.79 Å². The van der Waals surface area contributed by atoms with Gasteiger partial charge in [-0.05, 0) is 0 Å². The largest absolute Gasteiger partial charge is 0.370 e. The van der Waals surface area contributed by atoms with Crippen LogP contribution in [-0.2, 0) is 43.8 Å². The second-order valence-corrected chi connectivity index (χ2v) is 0.611. The molecule has 0 radical (unpaired) electrons. The standard InChI is InChI=1S/C2H5NO.2C2H5.2Zn/c1-2(3)4;2*1-2;;/h1H3,(H2,3,4);2*1H2,2H3;;/q;2*-1;;. The SMILES string of the molecule is CC(N)=O.[CH2-]C.[CH2-]C.[Zn].[Zn]. The summed E-state index contributed by atoms with van der Waals surface area (Å²) in [5.41, 5.74) is 4.47. The molecule has 56 valence electrons. The quantitative estimate of drug-likeness (QED) is 0.507. The van der Waals surface area contributed by atoms with Gasteiger partial charge in [-0.25, -0.2) is 0 Å². The van der Waals surface area contributed by atoms with Crippen molar-refractivity contribution in [2.45, 2.75) is 20.8 Å². The van der Waals surface area contributed by atoms with Crippen molar-refractivity contribution >= 4 is 5.91 Å². The molecule has 0 fully saturated rings. The summed E-state index contributed by atoms with van der Waals surface area (Å²) < 4.78 is 0. The Morgan fingerprint density at radius 3 is 1.10 bits per heavy atom. The van der Waals surface area contributed by atoms with Gasteiger partial charge in [-0.15, -0.1) is 0 Å². The minimum absolute atomic E-state index is 0.